The molecule has 2 aliphatic heterocycles. The Balaban J connectivity index is 1.49. The standard InChI is InChI=1S/C28H23Cl3N2O5/c1-32-25(37)27(30)12-19-16(22(28(27,31)26(32)38)18-11-15(29)7-10-20(18)34)8-9-17-21(19)24(36)33(23(17)35)13-14-5-3-2-4-6-14/h2-8,10-11,17,19,21-22,34H,9,12-13H2,1H3/t17-,19+,21-,22+,27+,28-/m0/s1. The third kappa shape index (κ3) is 3.22. The van der Waals surface area contributed by atoms with Crippen molar-refractivity contribution in [2.24, 2.45) is 17.8 Å². The molecule has 0 unspecified atom stereocenters. The van der Waals surface area contributed by atoms with E-state index in [0.29, 0.717) is 10.6 Å². The number of phenolic OH excluding ortho intramolecular Hbond substituents is 1. The van der Waals surface area contributed by atoms with E-state index in [4.69, 9.17) is 34.8 Å². The van der Waals surface area contributed by atoms with Crippen LogP contribution in [0.3, 0.4) is 0 Å². The third-order valence-electron chi connectivity index (χ3n) is 8.59. The quantitative estimate of drug-likeness (QED) is 0.337. The zero-order valence-electron chi connectivity index (χ0n) is 20.2. The summed E-state index contributed by atoms with van der Waals surface area (Å²) in [6.45, 7) is 0.137. The van der Waals surface area contributed by atoms with Crippen molar-refractivity contribution < 1.29 is 24.3 Å². The normalized spacial score (nSPS) is 34.3. The van der Waals surface area contributed by atoms with E-state index in [1.54, 1.807) is 0 Å². The lowest BCUT2D eigenvalue weighted by molar-refractivity contribution is -0.141. The maximum absolute atomic E-state index is 13.8. The van der Waals surface area contributed by atoms with Crippen molar-refractivity contribution in [3.05, 3.63) is 76.3 Å². The van der Waals surface area contributed by atoms with Crippen molar-refractivity contribution in [3.63, 3.8) is 0 Å². The number of alkyl halides is 2. The van der Waals surface area contributed by atoms with Gasteiger partial charge in [-0.2, -0.15) is 0 Å². The fraction of sp³-hybridized carbons (Fsp3) is 0.357. The number of nitrogens with zero attached hydrogens (tertiary/aromatic N) is 2. The number of amides is 4. The van der Waals surface area contributed by atoms with Crippen LogP contribution in [0.4, 0.5) is 0 Å². The number of rotatable bonds is 3. The van der Waals surface area contributed by atoms with Gasteiger partial charge in [0, 0.05) is 23.6 Å². The topological polar surface area (TPSA) is 95.0 Å². The second kappa shape index (κ2) is 8.57. The largest absolute Gasteiger partial charge is 0.508 e. The zero-order chi connectivity index (χ0) is 27.1. The Kier molecular flexibility index (Phi) is 5.73. The van der Waals surface area contributed by atoms with Gasteiger partial charge in [-0.25, -0.2) is 0 Å². The van der Waals surface area contributed by atoms with E-state index in [9.17, 15) is 24.3 Å². The summed E-state index contributed by atoms with van der Waals surface area (Å²) in [4.78, 5) is 52.6. The van der Waals surface area contributed by atoms with Crippen LogP contribution in [0.25, 0.3) is 0 Å². The molecular formula is C28H23Cl3N2O5. The molecular weight excluding hydrogens is 551 g/mol. The lowest BCUT2D eigenvalue weighted by Gasteiger charge is -2.50. The highest BCUT2D eigenvalue weighted by Crippen LogP contribution is 2.66. The number of aromatic hydroxyl groups is 1. The van der Waals surface area contributed by atoms with Gasteiger partial charge < -0.3 is 5.11 Å². The van der Waals surface area contributed by atoms with E-state index in [1.165, 1.54) is 30.1 Å². The van der Waals surface area contributed by atoms with Gasteiger partial charge in [-0.15, -0.1) is 23.2 Å². The average Bonchev–Trinajstić information content (AvgIpc) is 3.21. The Morgan fingerprint density at radius 1 is 0.974 bits per heavy atom. The number of hydrogen-bond donors (Lipinski definition) is 1. The first-order chi connectivity index (χ1) is 18.0. The number of allylic oxidation sites excluding steroid dienone is 2. The summed E-state index contributed by atoms with van der Waals surface area (Å²) in [5.74, 6) is -5.26. The highest BCUT2D eigenvalue weighted by atomic mass is 35.5. The molecule has 1 saturated carbocycles. The monoisotopic (exact) mass is 572 g/mol. The number of halogens is 3. The number of hydrogen-bond acceptors (Lipinski definition) is 5. The molecule has 3 fully saturated rings. The van der Waals surface area contributed by atoms with Crippen LogP contribution in [0.15, 0.2) is 60.2 Å². The summed E-state index contributed by atoms with van der Waals surface area (Å²) in [5.41, 5.74) is 1.66. The van der Waals surface area contributed by atoms with Gasteiger partial charge in [0.1, 0.15) is 5.75 Å². The smallest absolute Gasteiger partial charge is 0.253 e. The number of likely N-dealkylation sites (tertiary alicyclic amines) is 2. The minimum atomic E-state index is -1.97. The molecule has 0 radical (unpaired) electrons. The Hall–Kier alpha value is -2.87. The Morgan fingerprint density at radius 2 is 1.68 bits per heavy atom. The number of benzene rings is 2. The molecule has 7 nitrogen and oxygen atoms in total. The molecule has 0 bridgehead atoms. The lowest BCUT2D eigenvalue weighted by atomic mass is 9.56. The predicted molar refractivity (Wildman–Crippen MR) is 141 cm³/mol. The summed E-state index contributed by atoms with van der Waals surface area (Å²) in [7, 11) is 1.32. The minimum Gasteiger partial charge on any atom is -0.508 e. The summed E-state index contributed by atoms with van der Waals surface area (Å²) >= 11 is 20.5. The fourth-order valence-corrected chi connectivity index (χ4v) is 8.02. The maximum Gasteiger partial charge on any atom is 0.253 e. The second-order valence-electron chi connectivity index (χ2n) is 10.4. The minimum absolute atomic E-state index is 0.101. The van der Waals surface area contributed by atoms with E-state index >= 15 is 0 Å². The molecule has 10 heteroatoms. The van der Waals surface area contributed by atoms with Crippen LogP contribution in [0, 0.1) is 17.8 Å². The third-order valence-corrected chi connectivity index (χ3v) is 10.2. The second-order valence-corrected chi connectivity index (χ2v) is 12.1. The van der Waals surface area contributed by atoms with Gasteiger partial charge in [0.05, 0.1) is 18.4 Å². The molecule has 1 N–H and O–H groups in total. The van der Waals surface area contributed by atoms with Crippen molar-refractivity contribution in [2.75, 3.05) is 7.05 Å². The van der Waals surface area contributed by atoms with Crippen molar-refractivity contribution in [3.8, 4) is 5.75 Å². The number of fused-ring (bicyclic) bond motifs is 4. The van der Waals surface area contributed by atoms with Gasteiger partial charge in [0.15, 0.2) is 9.75 Å². The van der Waals surface area contributed by atoms with Crippen LogP contribution < -0.4 is 0 Å². The highest BCUT2D eigenvalue weighted by molar-refractivity contribution is 6.53. The molecule has 2 heterocycles. The molecule has 6 atom stereocenters. The Bertz CT molecular complexity index is 1450. The van der Waals surface area contributed by atoms with Gasteiger partial charge >= 0.3 is 0 Å². The van der Waals surface area contributed by atoms with Gasteiger partial charge in [0.2, 0.25) is 11.8 Å². The number of phenols is 1. The molecule has 4 amide bonds. The van der Waals surface area contributed by atoms with E-state index in [0.717, 1.165) is 10.5 Å². The molecule has 2 aliphatic carbocycles. The Labute approximate surface area is 233 Å². The molecule has 196 valence electrons. The Morgan fingerprint density at radius 3 is 2.39 bits per heavy atom. The summed E-state index contributed by atoms with van der Waals surface area (Å²) in [6.07, 6.45) is 1.98. The zero-order valence-corrected chi connectivity index (χ0v) is 22.5. The van der Waals surface area contributed by atoms with E-state index in [2.05, 4.69) is 0 Å². The summed E-state index contributed by atoms with van der Waals surface area (Å²) in [5, 5.41) is 11.2. The molecule has 2 saturated heterocycles. The van der Waals surface area contributed by atoms with Gasteiger partial charge in [-0.1, -0.05) is 53.6 Å². The van der Waals surface area contributed by atoms with Crippen molar-refractivity contribution in [1.82, 2.24) is 9.80 Å². The van der Waals surface area contributed by atoms with Crippen LogP contribution in [0.2, 0.25) is 5.02 Å². The van der Waals surface area contributed by atoms with E-state index < -0.39 is 45.2 Å². The van der Waals surface area contributed by atoms with Crippen LogP contribution >= 0.6 is 34.8 Å². The molecule has 0 spiro atoms. The van der Waals surface area contributed by atoms with Crippen molar-refractivity contribution in [2.45, 2.75) is 35.1 Å². The SMILES string of the molecule is CN1C(=O)[C@]2(Cl)C[C@@H]3C(=CC[C@@H]4C(=O)N(Cc5ccccc5)C(=O)[C@@H]43)[C@H](c3cc(Cl)ccc3O)[C@]2(Cl)C1=O. The number of carbonyl (C=O) groups is 4. The number of imide groups is 2. The summed E-state index contributed by atoms with van der Waals surface area (Å²) in [6, 6.07) is 13.6. The molecule has 2 aromatic carbocycles. The fourth-order valence-electron chi connectivity index (χ4n) is 6.83. The average molecular weight is 574 g/mol. The first-order valence-electron chi connectivity index (χ1n) is 12.3. The first-order valence-corrected chi connectivity index (χ1v) is 13.4. The van der Waals surface area contributed by atoms with Gasteiger partial charge in [-0.05, 0) is 42.5 Å². The molecule has 6 rings (SSSR count). The van der Waals surface area contributed by atoms with Crippen LogP contribution in [0.5, 0.6) is 5.75 Å². The van der Waals surface area contributed by atoms with E-state index in [1.807, 2.05) is 36.4 Å². The predicted octanol–water partition coefficient (Wildman–Crippen LogP) is 4.23. The van der Waals surface area contributed by atoms with Crippen molar-refractivity contribution in [1.29, 1.82) is 0 Å². The maximum atomic E-state index is 13.8. The molecule has 2 aromatic rings. The van der Waals surface area contributed by atoms with Crippen molar-refractivity contribution >= 4 is 58.4 Å². The first kappa shape index (κ1) is 25.4. The van der Waals surface area contributed by atoms with Gasteiger partial charge in [0.25, 0.3) is 11.8 Å². The van der Waals surface area contributed by atoms with Gasteiger partial charge in [-0.3, -0.25) is 29.0 Å². The summed E-state index contributed by atoms with van der Waals surface area (Å²) < 4.78 is 0. The molecule has 38 heavy (non-hydrogen) atoms. The number of carbonyl (C=O) groups excluding carboxylic acids is 4. The molecule has 4 aliphatic rings. The highest BCUT2D eigenvalue weighted by Gasteiger charge is 2.76. The van der Waals surface area contributed by atoms with Crippen LogP contribution in [0.1, 0.15) is 29.9 Å². The van der Waals surface area contributed by atoms with Crippen LogP contribution in [-0.2, 0) is 25.7 Å². The molecule has 0 aromatic heterocycles. The van der Waals surface area contributed by atoms with Crippen LogP contribution in [-0.4, -0.2) is 55.3 Å². The lowest BCUT2D eigenvalue weighted by Crippen LogP contribution is -2.60. The van der Waals surface area contributed by atoms with E-state index in [-0.39, 0.29) is 42.5 Å².